The van der Waals surface area contributed by atoms with Crippen molar-refractivity contribution in [2.75, 3.05) is 31.1 Å². The number of hydrogen-bond donors (Lipinski definition) is 1. The van der Waals surface area contributed by atoms with Crippen LogP contribution in [0.5, 0.6) is 0 Å². The first-order valence-corrected chi connectivity index (χ1v) is 6.86. The van der Waals surface area contributed by atoms with Gasteiger partial charge in [0.05, 0.1) is 0 Å². The normalized spacial score (nSPS) is 19.8. The van der Waals surface area contributed by atoms with E-state index in [0.717, 1.165) is 31.9 Å². The van der Waals surface area contributed by atoms with E-state index in [4.69, 9.17) is 0 Å². The highest BCUT2D eigenvalue weighted by Crippen LogP contribution is 2.23. The molecule has 1 unspecified atom stereocenters. The lowest BCUT2D eigenvalue weighted by molar-refractivity contribution is 0.477. The van der Waals surface area contributed by atoms with Gasteiger partial charge in [-0.05, 0) is 55.6 Å². The van der Waals surface area contributed by atoms with Crippen LogP contribution in [0.25, 0.3) is 0 Å². The minimum atomic E-state index is -0.159. The smallest absolute Gasteiger partial charge is 0.123 e. The first-order chi connectivity index (χ1) is 8.65. The van der Waals surface area contributed by atoms with E-state index < -0.39 is 0 Å². The van der Waals surface area contributed by atoms with Crippen LogP contribution in [0.2, 0.25) is 0 Å². The van der Waals surface area contributed by atoms with Crippen LogP contribution >= 0.6 is 0 Å². The number of halogens is 1. The molecule has 1 N–H and O–H groups in total. The molecule has 1 aromatic carbocycles. The molecule has 0 aliphatic carbocycles. The molecule has 0 saturated carbocycles. The zero-order chi connectivity index (χ0) is 13.0. The van der Waals surface area contributed by atoms with Crippen LogP contribution in [0.1, 0.15) is 20.3 Å². The topological polar surface area (TPSA) is 15.3 Å². The Morgan fingerprint density at radius 3 is 2.72 bits per heavy atom. The molecule has 1 atom stereocenters. The number of nitrogens with one attached hydrogen (secondary N) is 1. The average Bonchev–Trinajstić information content (AvgIpc) is 2.78. The van der Waals surface area contributed by atoms with Crippen LogP contribution in [0.4, 0.5) is 10.1 Å². The van der Waals surface area contributed by atoms with Crippen LogP contribution < -0.4 is 10.2 Å². The summed E-state index contributed by atoms with van der Waals surface area (Å²) in [7, 11) is 0. The lowest BCUT2D eigenvalue weighted by Crippen LogP contribution is -2.28. The number of nitrogens with zero attached hydrogens (tertiary/aromatic N) is 1. The van der Waals surface area contributed by atoms with Gasteiger partial charge in [-0.15, -0.1) is 0 Å². The highest BCUT2D eigenvalue weighted by Gasteiger charge is 2.22. The molecule has 0 bridgehead atoms. The molecule has 1 aliphatic heterocycles. The van der Waals surface area contributed by atoms with Crippen LogP contribution in [-0.4, -0.2) is 26.2 Å². The fourth-order valence-electron chi connectivity index (χ4n) is 2.46. The van der Waals surface area contributed by atoms with Crippen molar-refractivity contribution in [3.05, 3.63) is 30.1 Å². The minimum Gasteiger partial charge on any atom is -0.371 e. The molecule has 18 heavy (non-hydrogen) atoms. The molecule has 0 aromatic heterocycles. The Hall–Kier alpha value is -1.09. The first-order valence-electron chi connectivity index (χ1n) is 6.86. The van der Waals surface area contributed by atoms with E-state index in [9.17, 15) is 4.39 Å². The molecule has 3 heteroatoms. The van der Waals surface area contributed by atoms with Gasteiger partial charge in [0.2, 0.25) is 0 Å². The summed E-state index contributed by atoms with van der Waals surface area (Å²) in [4.78, 5) is 2.35. The highest BCUT2D eigenvalue weighted by molar-refractivity contribution is 5.47. The lowest BCUT2D eigenvalue weighted by atomic mass is 10.1. The third-order valence-corrected chi connectivity index (χ3v) is 3.46. The maximum Gasteiger partial charge on any atom is 0.123 e. The van der Waals surface area contributed by atoms with Crippen molar-refractivity contribution >= 4 is 5.69 Å². The number of benzene rings is 1. The van der Waals surface area contributed by atoms with E-state index in [0.29, 0.717) is 11.8 Å². The van der Waals surface area contributed by atoms with Gasteiger partial charge < -0.3 is 10.2 Å². The summed E-state index contributed by atoms with van der Waals surface area (Å²) >= 11 is 0. The van der Waals surface area contributed by atoms with Crippen LogP contribution in [0, 0.1) is 17.7 Å². The van der Waals surface area contributed by atoms with E-state index in [-0.39, 0.29) is 5.82 Å². The number of hydrogen-bond acceptors (Lipinski definition) is 2. The third-order valence-electron chi connectivity index (χ3n) is 3.46. The molecule has 0 spiro atoms. The van der Waals surface area contributed by atoms with E-state index in [1.54, 1.807) is 12.1 Å². The molecular weight excluding hydrogens is 227 g/mol. The van der Waals surface area contributed by atoms with Crippen molar-refractivity contribution in [2.24, 2.45) is 11.8 Å². The summed E-state index contributed by atoms with van der Waals surface area (Å²) in [6.07, 6.45) is 1.22. The quantitative estimate of drug-likeness (QED) is 0.864. The molecule has 1 fully saturated rings. The average molecular weight is 250 g/mol. The fraction of sp³-hybridized carbons (Fsp3) is 0.600. The van der Waals surface area contributed by atoms with Crippen molar-refractivity contribution in [1.29, 1.82) is 0 Å². The van der Waals surface area contributed by atoms with Gasteiger partial charge in [0.15, 0.2) is 0 Å². The lowest BCUT2D eigenvalue weighted by Gasteiger charge is -2.19. The molecule has 1 heterocycles. The van der Waals surface area contributed by atoms with E-state index in [1.165, 1.54) is 6.42 Å². The largest absolute Gasteiger partial charge is 0.371 e. The van der Waals surface area contributed by atoms with Crippen LogP contribution in [0.3, 0.4) is 0 Å². The molecule has 2 rings (SSSR count). The second-order valence-electron chi connectivity index (χ2n) is 5.63. The minimum absolute atomic E-state index is 0.159. The standard InChI is InChI=1S/C15H23FN2/c1-12(2)9-17-10-13-7-8-18(11-13)15-5-3-14(16)4-6-15/h3-6,12-13,17H,7-11H2,1-2H3. The monoisotopic (exact) mass is 250 g/mol. The van der Waals surface area contributed by atoms with Gasteiger partial charge in [-0.1, -0.05) is 13.8 Å². The molecule has 2 nitrogen and oxygen atoms in total. The zero-order valence-corrected chi connectivity index (χ0v) is 11.3. The Bertz CT molecular complexity index is 361. The van der Waals surface area contributed by atoms with Crippen molar-refractivity contribution in [3.8, 4) is 0 Å². The summed E-state index contributed by atoms with van der Waals surface area (Å²) in [5, 5.41) is 3.52. The van der Waals surface area contributed by atoms with Gasteiger partial charge in [0, 0.05) is 18.8 Å². The van der Waals surface area contributed by atoms with Crippen molar-refractivity contribution in [2.45, 2.75) is 20.3 Å². The second-order valence-corrected chi connectivity index (χ2v) is 5.63. The van der Waals surface area contributed by atoms with E-state index in [2.05, 4.69) is 24.1 Å². The predicted molar refractivity (Wildman–Crippen MR) is 74.4 cm³/mol. The molecule has 0 amide bonds. The molecule has 100 valence electrons. The highest BCUT2D eigenvalue weighted by atomic mass is 19.1. The van der Waals surface area contributed by atoms with Gasteiger partial charge in [0.1, 0.15) is 5.82 Å². The molecule has 1 saturated heterocycles. The van der Waals surface area contributed by atoms with Gasteiger partial charge in [-0.25, -0.2) is 4.39 Å². The van der Waals surface area contributed by atoms with Gasteiger partial charge in [0.25, 0.3) is 0 Å². The Labute approximate surface area is 109 Å². The number of rotatable bonds is 5. The Kier molecular flexibility index (Phi) is 4.59. The first kappa shape index (κ1) is 13.3. The third kappa shape index (κ3) is 3.70. The zero-order valence-electron chi connectivity index (χ0n) is 11.3. The van der Waals surface area contributed by atoms with Crippen LogP contribution in [-0.2, 0) is 0 Å². The maximum atomic E-state index is 12.9. The van der Waals surface area contributed by atoms with Gasteiger partial charge in [-0.3, -0.25) is 0 Å². The molecule has 0 radical (unpaired) electrons. The van der Waals surface area contributed by atoms with Crippen molar-refractivity contribution in [1.82, 2.24) is 5.32 Å². The molecule has 1 aromatic rings. The van der Waals surface area contributed by atoms with Crippen LogP contribution in [0.15, 0.2) is 24.3 Å². The summed E-state index contributed by atoms with van der Waals surface area (Å²) in [5.74, 6) is 1.27. The molecular formula is C15H23FN2. The van der Waals surface area contributed by atoms with E-state index in [1.807, 2.05) is 12.1 Å². The van der Waals surface area contributed by atoms with Crippen molar-refractivity contribution < 1.29 is 4.39 Å². The van der Waals surface area contributed by atoms with Gasteiger partial charge >= 0.3 is 0 Å². The van der Waals surface area contributed by atoms with Gasteiger partial charge in [-0.2, -0.15) is 0 Å². The Morgan fingerprint density at radius 1 is 1.33 bits per heavy atom. The Morgan fingerprint density at radius 2 is 2.06 bits per heavy atom. The summed E-state index contributed by atoms with van der Waals surface area (Å²) in [6, 6.07) is 6.83. The Balaban J connectivity index is 1.79. The maximum absolute atomic E-state index is 12.9. The summed E-state index contributed by atoms with van der Waals surface area (Å²) in [5.41, 5.74) is 1.14. The number of anilines is 1. The van der Waals surface area contributed by atoms with E-state index >= 15 is 0 Å². The summed E-state index contributed by atoms with van der Waals surface area (Å²) in [6.45, 7) is 8.80. The van der Waals surface area contributed by atoms with Crippen molar-refractivity contribution in [3.63, 3.8) is 0 Å². The fourth-order valence-corrected chi connectivity index (χ4v) is 2.46. The second kappa shape index (κ2) is 6.19. The summed E-state index contributed by atoms with van der Waals surface area (Å²) < 4.78 is 12.9. The molecule has 1 aliphatic rings. The predicted octanol–water partition coefficient (Wildman–Crippen LogP) is 2.90. The SMILES string of the molecule is CC(C)CNCC1CCN(c2ccc(F)cc2)C1.